The number of likely N-dealkylation sites (N-methyl/N-ethyl adjacent to an activating group) is 1. The number of nitrogens with zero attached hydrogens (tertiary/aromatic N) is 1. The molecule has 0 bridgehead atoms. The molecule has 3 aliphatic rings. The summed E-state index contributed by atoms with van der Waals surface area (Å²) in [6.07, 6.45) is -5.84. The van der Waals surface area contributed by atoms with E-state index in [4.69, 9.17) is 5.11 Å². The molecule has 0 aliphatic heterocycles. The Hall–Kier alpha value is -3.74. The van der Waals surface area contributed by atoms with Gasteiger partial charge in [-0.25, -0.2) is 0 Å². The number of carbonyl (C=O) groups excluding carboxylic acids is 4. The predicted molar refractivity (Wildman–Crippen MR) is 152 cm³/mol. The fraction of sp³-hybridized carbons (Fsp3) is 0.517. The Bertz CT molecular complexity index is 1470. The molecule has 1 saturated carbocycles. The molecular weight excluding hydrogens is 598 g/mol. The fourth-order valence-electron chi connectivity index (χ4n) is 6.62. The van der Waals surface area contributed by atoms with Crippen LogP contribution in [0.15, 0.2) is 35.1 Å². The lowest BCUT2D eigenvalue weighted by Crippen LogP contribution is -2.67. The number of ketones is 2. The third-order valence-corrected chi connectivity index (χ3v) is 9.03. The zero-order valence-electron chi connectivity index (χ0n) is 24.6. The van der Waals surface area contributed by atoms with Gasteiger partial charge in [-0.3, -0.25) is 24.6 Å². The van der Waals surface area contributed by atoms with Crippen molar-refractivity contribution in [3.8, 4) is 5.75 Å². The zero-order valence-corrected chi connectivity index (χ0v) is 24.6. The number of carbonyl (C=O) groups is 4. The van der Waals surface area contributed by atoms with Gasteiger partial charge in [0.2, 0.25) is 5.78 Å². The average molecular weight is 636 g/mol. The van der Waals surface area contributed by atoms with Crippen LogP contribution in [0.3, 0.4) is 0 Å². The number of hydrogen-bond donors (Lipinski definition) is 11. The summed E-state index contributed by atoms with van der Waals surface area (Å²) in [6, 6.07) is 1.12. The second kappa shape index (κ2) is 12.2. The van der Waals surface area contributed by atoms with Gasteiger partial charge < -0.3 is 56.1 Å². The van der Waals surface area contributed by atoms with Gasteiger partial charge in [0, 0.05) is 17.4 Å². The Morgan fingerprint density at radius 1 is 1.11 bits per heavy atom. The van der Waals surface area contributed by atoms with Crippen molar-refractivity contribution in [2.24, 2.45) is 11.8 Å². The lowest BCUT2D eigenvalue weighted by molar-refractivity contribution is -0.159. The van der Waals surface area contributed by atoms with Gasteiger partial charge in [0.15, 0.2) is 11.4 Å². The van der Waals surface area contributed by atoms with Crippen molar-refractivity contribution in [3.05, 3.63) is 46.2 Å². The van der Waals surface area contributed by atoms with Crippen molar-refractivity contribution in [3.63, 3.8) is 0 Å². The van der Waals surface area contributed by atoms with Crippen molar-refractivity contribution in [1.29, 1.82) is 0 Å². The number of nitrogens with one attached hydrogen (secondary N) is 2. The molecule has 16 nitrogen and oxygen atoms in total. The number of amides is 1. The minimum absolute atomic E-state index is 0.0972. The van der Waals surface area contributed by atoms with Crippen molar-refractivity contribution >= 4 is 29.5 Å². The van der Waals surface area contributed by atoms with Crippen molar-refractivity contribution in [2.75, 3.05) is 27.4 Å². The summed E-state index contributed by atoms with van der Waals surface area (Å²) < 4.78 is 0. The fourth-order valence-corrected chi connectivity index (χ4v) is 6.62. The number of phenolic OH excluding ortho intramolecular Hbond substituents is 1. The molecule has 0 heterocycles. The van der Waals surface area contributed by atoms with Crippen LogP contribution in [-0.2, 0) is 24.8 Å². The average Bonchev–Trinajstić information content (AvgIpc) is 2.98. The quantitative estimate of drug-likeness (QED) is 0.0674. The third-order valence-electron chi connectivity index (χ3n) is 9.03. The Morgan fingerprint density at radius 3 is 2.33 bits per heavy atom. The number of benzene rings is 1. The van der Waals surface area contributed by atoms with Crippen LogP contribution in [0.25, 0.3) is 5.76 Å². The van der Waals surface area contributed by atoms with E-state index in [0.717, 1.165) is 0 Å². The van der Waals surface area contributed by atoms with Gasteiger partial charge in [-0.15, -0.1) is 0 Å². The first kappa shape index (κ1) is 34.1. The summed E-state index contributed by atoms with van der Waals surface area (Å²) in [7, 11) is 2.87. The van der Waals surface area contributed by atoms with Crippen LogP contribution < -0.4 is 10.6 Å². The molecule has 0 saturated heterocycles. The number of phenols is 1. The molecule has 246 valence electrons. The normalized spacial score (nSPS) is 30.7. The second-order valence-electron chi connectivity index (χ2n) is 11.9. The van der Waals surface area contributed by atoms with Gasteiger partial charge in [-0.2, -0.15) is 0 Å². The first-order valence-corrected chi connectivity index (χ1v) is 14.0. The number of aldehydes is 1. The molecule has 45 heavy (non-hydrogen) atoms. The molecule has 9 atom stereocenters. The summed E-state index contributed by atoms with van der Waals surface area (Å²) in [6.45, 7) is -0.239. The van der Waals surface area contributed by atoms with Crippen LogP contribution in [-0.4, -0.2) is 138 Å². The number of hydrogen-bond acceptors (Lipinski definition) is 15. The molecule has 1 amide bonds. The van der Waals surface area contributed by atoms with E-state index in [1.54, 1.807) is 0 Å². The maximum atomic E-state index is 14.1. The largest absolute Gasteiger partial charge is 0.508 e. The number of rotatable bonds is 10. The smallest absolute Gasteiger partial charge is 0.259 e. The summed E-state index contributed by atoms with van der Waals surface area (Å²) in [5.74, 6) is -8.72. The van der Waals surface area contributed by atoms with Crippen LogP contribution in [0.5, 0.6) is 5.75 Å². The van der Waals surface area contributed by atoms with Gasteiger partial charge in [-0.05, 0) is 39.1 Å². The van der Waals surface area contributed by atoms with E-state index in [0.29, 0.717) is 0 Å². The molecule has 11 N–H and O–H groups in total. The van der Waals surface area contributed by atoms with Crippen molar-refractivity contribution in [1.82, 2.24) is 15.5 Å². The minimum Gasteiger partial charge on any atom is -0.508 e. The lowest BCUT2D eigenvalue weighted by Gasteiger charge is -2.53. The summed E-state index contributed by atoms with van der Waals surface area (Å²) in [5, 5.41) is 99.5. The van der Waals surface area contributed by atoms with Crippen LogP contribution in [0.1, 0.15) is 24.5 Å². The lowest BCUT2D eigenvalue weighted by atomic mass is 9.54. The van der Waals surface area contributed by atoms with E-state index in [-0.39, 0.29) is 23.8 Å². The highest BCUT2D eigenvalue weighted by Gasteiger charge is 2.66. The standard InChI is InChI=1S/C29H37N3O13/c1-28(44)11-5-4-6-15(35)17(11)23(39)18-12(28)7-13-20(32(2)3)24(40)19(26(42)29(13,45)25(18)41)27(43)31-10-30-14(8-33)21(37)22(38)16(36)9-34/h4-6,8,12-14,16,20-22,30,34-39,42,44-45H,7,9-10H2,1-3H3,(H,31,43). The first-order valence-electron chi connectivity index (χ1n) is 14.0. The number of aromatic hydroxyl groups is 1. The van der Waals surface area contributed by atoms with E-state index >= 15 is 0 Å². The minimum atomic E-state index is -2.94. The predicted octanol–water partition coefficient (Wildman–Crippen LogP) is -3.55. The summed E-state index contributed by atoms with van der Waals surface area (Å²) >= 11 is 0. The Balaban J connectivity index is 1.72. The van der Waals surface area contributed by atoms with E-state index in [1.165, 1.54) is 44.1 Å². The molecule has 3 aliphatic carbocycles. The van der Waals surface area contributed by atoms with Gasteiger partial charge in [0.05, 0.1) is 36.5 Å². The topological polar surface area (TPSA) is 278 Å². The third kappa shape index (κ3) is 5.22. The first-order chi connectivity index (χ1) is 21.0. The van der Waals surface area contributed by atoms with Crippen molar-refractivity contribution < 1.29 is 65.1 Å². The second-order valence-corrected chi connectivity index (χ2v) is 11.9. The van der Waals surface area contributed by atoms with E-state index in [1.807, 2.05) is 0 Å². The number of aliphatic hydroxyl groups excluding tert-OH is 6. The molecule has 1 aromatic rings. The van der Waals surface area contributed by atoms with Gasteiger partial charge in [0.25, 0.3) is 5.91 Å². The monoisotopic (exact) mass is 635 g/mol. The maximum Gasteiger partial charge on any atom is 0.259 e. The summed E-state index contributed by atoms with van der Waals surface area (Å²) in [4.78, 5) is 53.8. The highest BCUT2D eigenvalue weighted by molar-refractivity contribution is 6.25. The van der Waals surface area contributed by atoms with Crippen LogP contribution in [0.2, 0.25) is 0 Å². The maximum absolute atomic E-state index is 14.1. The molecule has 0 radical (unpaired) electrons. The molecule has 16 heteroatoms. The number of fused-ring (bicyclic) bond motifs is 3. The Morgan fingerprint density at radius 2 is 1.76 bits per heavy atom. The van der Waals surface area contributed by atoms with E-state index < -0.39 is 113 Å². The molecule has 0 aromatic heterocycles. The van der Waals surface area contributed by atoms with Gasteiger partial charge in [-0.1, -0.05) is 12.1 Å². The Labute approximate surface area is 256 Å². The highest BCUT2D eigenvalue weighted by Crippen LogP contribution is 2.57. The molecule has 0 spiro atoms. The molecule has 1 aromatic carbocycles. The SMILES string of the molecule is CN(C)C1C(=O)C(C(=O)NCNC(C=O)C(O)C(O)C(O)CO)=C(O)C2(O)C(=O)C3=C(O)c4c(O)cccc4C(C)(O)C3CC12. The van der Waals surface area contributed by atoms with Crippen LogP contribution in [0.4, 0.5) is 0 Å². The molecule has 4 rings (SSSR count). The molecule has 9 unspecified atom stereocenters. The van der Waals surface area contributed by atoms with Crippen LogP contribution >= 0.6 is 0 Å². The van der Waals surface area contributed by atoms with Crippen molar-refractivity contribution in [2.45, 2.75) is 54.9 Å². The van der Waals surface area contributed by atoms with Gasteiger partial charge >= 0.3 is 0 Å². The van der Waals surface area contributed by atoms with E-state index in [9.17, 15) is 60.0 Å². The number of Topliss-reactive ketones (excluding diaryl/α,β-unsaturated/α-hetero) is 2. The number of aliphatic hydroxyl groups is 8. The Kier molecular flexibility index (Phi) is 9.27. The molecular formula is C29H37N3O13. The zero-order chi connectivity index (χ0) is 33.8. The molecule has 1 fully saturated rings. The van der Waals surface area contributed by atoms with E-state index in [2.05, 4.69) is 10.6 Å². The summed E-state index contributed by atoms with van der Waals surface area (Å²) in [5.41, 5.74) is -6.50. The van der Waals surface area contributed by atoms with Gasteiger partial charge in [0.1, 0.15) is 47.4 Å². The highest BCUT2D eigenvalue weighted by atomic mass is 16.4. The van der Waals surface area contributed by atoms with Crippen LogP contribution in [0, 0.1) is 11.8 Å².